The highest BCUT2D eigenvalue weighted by Gasteiger charge is 2.34. The van der Waals surface area contributed by atoms with Crippen LogP contribution in [0.1, 0.15) is 16.7 Å². The van der Waals surface area contributed by atoms with Gasteiger partial charge >= 0.3 is 0 Å². The first-order chi connectivity index (χ1) is 20.6. The van der Waals surface area contributed by atoms with Crippen molar-refractivity contribution in [2.45, 2.75) is 30.8 Å². The Hall–Kier alpha value is -4.34. The molecule has 10 heteroatoms. The minimum absolute atomic E-state index is 0.00444. The first-order valence-corrected chi connectivity index (χ1v) is 15.5. The van der Waals surface area contributed by atoms with E-state index in [1.165, 1.54) is 31.2 Å². The fourth-order valence-corrected chi connectivity index (χ4v) is 6.29. The van der Waals surface area contributed by atoms with Crippen LogP contribution in [-0.2, 0) is 32.6 Å². The molecule has 0 fully saturated rings. The van der Waals surface area contributed by atoms with Crippen molar-refractivity contribution in [1.82, 2.24) is 10.2 Å². The SMILES string of the molecule is CNC(=O)[C@H](Cc1ccccc1)N(Cc1cccc(Cl)c1)C(=O)CN(c1ccc(C)cc1)S(=O)(=O)c1ccc(OC)cc1. The van der Waals surface area contributed by atoms with Crippen LogP contribution in [0.25, 0.3) is 0 Å². The fourth-order valence-electron chi connectivity index (χ4n) is 4.67. The van der Waals surface area contributed by atoms with E-state index in [2.05, 4.69) is 5.32 Å². The molecule has 0 unspecified atom stereocenters. The number of carbonyl (C=O) groups excluding carboxylic acids is 2. The number of sulfonamides is 1. The first kappa shape index (κ1) is 31.6. The number of methoxy groups -OCH3 is 1. The van der Waals surface area contributed by atoms with Crippen LogP contribution in [0.4, 0.5) is 5.69 Å². The number of halogens is 1. The number of hydrogen-bond acceptors (Lipinski definition) is 5. The lowest BCUT2D eigenvalue weighted by molar-refractivity contribution is -0.139. The third-order valence-electron chi connectivity index (χ3n) is 7.01. The molecule has 1 N–H and O–H groups in total. The van der Waals surface area contributed by atoms with Crippen molar-refractivity contribution >= 4 is 39.1 Å². The molecule has 1 atom stereocenters. The molecule has 0 saturated carbocycles. The van der Waals surface area contributed by atoms with Crippen molar-refractivity contribution in [3.05, 3.63) is 125 Å². The number of amides is 2. The summed E-state index contributed by atoms with van der Waals surface area (Å²) >= 11 is 6.25. The maximum Gasteiger partial charge on any atom is 0.264 e. The molecule has 0 spiro atoms. The van der Waals surface area contributed by atoms with Crippen LogP contribution in [-0.4, -0.2) is 51.9 Å². The summed E-state index contributed by atoms with van der Waals surface area (Å²) in [5.41, 5.74) is 2.79. The number of benzene rings is 4. The third-order valence-corrected chi connectivity index (χ3v) is 9.03. The second kappa shape index (κ2) is 14.2. The summed E-state index contributed by atoms with van der Waals surface area (Å²) in [5.74, 6) is -0.430. The van der Waals surface area contributed by atoms with Gasteiger partial charge in [-0.2, -0.15) is 0 Å². The molecule has 0 saturated heterocycles. The topological polar surface area (TPSA) is 96.0 Å². The van der Waals surface area contributed by atoms with Crippen LogP contribution < -0.4 is 14.4 Å². The van der Waals surface area contributed by atoms with Crippen LogP contribution in [0.3, 0.4) is 0 Å². The van der Waals surface area contributed by atoms with E-state index in [4.69, 9.17) is 16.3 Å². The van der Waals surface area contributed by atoms with Crippen LogP contribution in [0, 0.1) is 6.92 Å². The van der Waals surface area contributed by atoms with E-state index in [-0.39, 0.29) is 23.8 Å². The van der Waals surface area contributed by atoms with Gasteiger partial charge in [-0.3, -0.25) is 13.9 Å². The van der Waals surface area contributed by atoms with Crippen LogP contribution >= 0.6 is 11.6 Å². The normalized spacial score (nSPS) is 11.8. The Kier molecular flexibility index (Phi) is 10.4. The third kappa shape index (κ3) is 7.94. The molecule has 2 amide bonds. The molecule has 8 nitrogen and oxygen atoms in total. The van der Waals surface area contributed by atoms with Gasteiger partial charge in [0.2, 0.25) is 11.8 Å². The minimum atomic E-state index is -4.20. The average molecular weight is 620 g/mol. The molecule has 4 rings (SSSR count). The van der Waals surface area contributed by atoms with Gasteiger partial charge in [0.25, 0.3) is 10.0 Å². The Morgan fingerprint density at radius 1 is 0.884 bits per heavy atom. The summed E-state index contributed by atoms with van der Waals surface area (Å²) in [6.45, 7) is 1.39. The summed E-state index contributed by atoms with van der Waals surface area (Å²) in [4.78, 5) is 29.0. The smallest absolute Gasteiger partial charge is 0.264 e. The number of rotatable bonds is 12. The Bertz CT molecular complexity index is 1650. The standard InChI is InChI=1S/C33H34ClN3O5S/c1-24-12-14-28(15-13-24)37(43(40,41)30-18-16-29(42-3)17-19-30)23-32(38)36(22-26-10-7-11-27(34)20-26)31(33(39)35-2)21-25-8-5-4-6-9-25/h4-20,31H,21-23H2,1-3H3,(H,35,39)/t31-/m0/s1. The van der Waals surface area contributed by atoms with Crippen molar-refractivity contribution in [2.75, 3.05) is 25.0 Å². The molecule has 0 aromatic heterocycles. The van der Waals surface area contributed by atoms with Gasteiger partial charge in [0.1, 0.15) is 18.3 Å². The number of nitrogens with zero attached hydrogens (tertiary/aromatic N) is 2. The Morgan fingerprint density at radius 2 is 1.53 bits per heavy atom. The largest absolute Gasteiger partial charge is 0.497 e. The van der Waals surface area contributed by atoms with E-state index >= 15 is 0 Å². The second-order valence-corrected chi connectivity index (χ2v) is 12.3. The van der Waals surface area contributed by atoms with Gasteiger partial charge in [-0.15, -0.1) is 0 Å². The zero-order valence-electron chi connectivity index (χ0n) is 24.2. The molecule has 224 valence electrons. The van der Waals surface area contributed by atoms with Crippen molar-refractivity contribution in [3.63, 3.8) is 0 Å². The molecule has 0 aliphatic carbocycles. The van der Waals surface area contributed by atoms with Gasteiger partial charge in [-0.1, -0.05) is 71.8 Å². The van der Waals surface area contributed by atoms with E-state index in [1.807, 2.05) is 37.3 Å². The summed E-state index contributed by atoms with van der Waals surface area (Å²) in [6, 6.07) is 28.3. The maximum atomic E-state index is 14.3. The molecule has 0 aliphatic rings. The zero-order valence-corrected chi connectivity index (χ0v) is 25.8. The number of nitrogens with one attached hydrogen (secondary N) is 1. The molecule has 4 aromatic carbocycles. The summed E-state index contributed by atoms with van der Waals surface area (Å²) < 4.78 is 34.4. The zero-order chi connectivity index (χ0) is 31.0. The quantitative estimate of drug-likeness (QED) is 0.234. The van der Waals surface area contributed by atoms with E-state index in [9.17, 15) is 18.0 Å². The van der Waals surface area contributed by atoms with Gasteiger partial charge in [0, 0.05) is 25.0 Å². The molecular formula is C33H34ClN3O5S. The first-order valence-electron chi connectivity index (χ1n) is 13.6. The number of hydrogen-bond donors (Lipinski definition) is 1. The van der Waals surface area contributed by atoms with Crippen molar-refractivity contribution < 1.29 is 22.7 Å². The van der Waals surface area contributed by atoms with Crippen molar-refractivity contribution in [1.29, 1.82) is 0 Å². The number of anilines is 1. The highest BCUT2D eigenvalue weighted by molar-refractivity contribution is 7.92. The average Bonchev–Trinajstić information content (AvgIpc) is 3.02. The highest BCUT2D eigenvalue weighted by atomic mass is 35.5. The maximum absolute atomic E-state index is 14.3. The molecule has 0 aliphatic heterocycles. The highest BCUT2D eigenvalue weighted by Crippen LogP contribution is 2.27. The fraction of sp³-hybridized carbons (Fsp3) is 0.212. The van der Waals surface area contributed by atoms with E-state index in [1.54, 1.807) is 60.7 Å². The lowest BCUT2D eigenvalue weighted by atomic mass is 10.0. The van der Waals surface area contributed by atoms with E-state index in [0.29, 0.717) is 22.0 Å². The number of carbonyl (C=O) groups is 2. The van der Waals surface area contributed by atoms with E-state index < -0.39 is 28.5 Å². The summed E-state index contributed by atoms with van der Waals surface area (Å²) in [6.07, 6.45) is 0.225. The number of aryl methyl sites for hydroxylation is 1. The number of likely N-dealkylation sites (N-methyl/N-ethyl adjacent to an activating group) is 1. The monoisotopic (exact) mass is 619 g/mol. The lowest BCUT2D eigenvalue weighted by Gasteiger charge is -2.33. The van der Waals surface area contributed by atoms with Crippen LogP contribution in [0.15, 0.2) is 108 Å². The predicted octanol–water partition coefficient (Wildman–Crippen LogP) is 5.24. The predicted molar refractivity (Wildman–Crippen MR) is 169 cm³/mol. The van der Waals surface area contributed by atoms with Gasteiger partial charge in [-0.25, -0.2) is 8.42 Å². The Labute approximate surface area is 257 Å². The van der Waals surface area contributed by atoms with E-state index in [0.717, 1.165) is 15.4 Å². The molecule has 0 heterocycles. The van der Waals surface area contributed by atoms with Crippen molar-refractivity contribution in [2.24, 2.45) is 0 Å². The molecule has 4 aromatic rings. The molecular weight excluding hydrogens is 586 g/mol. The minimum Gasteiger partial charge on any atom is -0.497 e. The lowest BCUT2D eigenvalue weighted by Crippen LogP contribution is -2.53. The summed E-state index contributed by atoms with van der Waals surface area (Å²) in [7, 11) is -1.20. The Balaban J connectivity index is 1.78. The molecule has 0 radical (unpaired) electrons. The number of ether oxygens (including phenoxy) is 1. The van der Waals surface area contributed by atoms with Crippen LogP contribution in [0.5, 0.6) is 5.75 Å². The van der Waals surface area contributed by atoms with Crippen LogP contribution in [0.2, 0.25) is 5.02 Å². The van der Waals surface area contributed by atoms with Crippen molar-refractivity contribution in [3.8, 4) is 5.75 Å². The van der Waals surface area contributed by atoms with Gasteiger partial charge in [0.15, 0.2) is 0 Å². The molecule has 0 bridgehead atoms. The van der Waals surface area contributed by atoms with Gasteiger partial charge < -0.3 is 15.0 Å². The van der Waals surface area contributed by atoms with Gasteiger partial charge in [0.05, 0.1) is 17.7 Å². The molecule has 43 heavy (non-hydrogen) atoms. The van der Waals surface area contributed by atoms with Gasteiger partial charge in [-0.05, 0) is 66.6 Å². The summed E-state index contributed by atoms with van der Waals surface area (Å²) in [5, 5.41) is 3.15. The second-order valence-electron chi connectivity index (χ2n) is 9.99. The Morgan fingerprint density at radius 3 is 2.14 bits per heavy atom.